The summed E-state index contributed by atoms with van der Waals surface area (Å²) >= 11 is 2.46. The van der Waals surface area contributed by atoms with Gasteiger partial charge in [-0.1, -0.05) is 35.2 Å². The molecule has 2 aromatic carbocycles. The molecule has 3 aromatic rings. The fraction of sp³-hybridized carbons (Fsp3) is 0.300. The predicted molar refractivity (Wildman–Crippen MR) is 164 cm³/mol. The van der Waals surface area contributed by atoms with Crippen LogP contribution in [0.15, 0.2) is 69.5 Å². The molecule has 1 aliphatic heterocycles. The number of ketones is 1. The highest BCUT2D eigenvalue weighted by molar-refractivity contribution is 8.01. The largest absolute Gasteiger partial charge is 0.497 e. The van der Waals surface area contributed by atoms with E-state index in [2.05, 4.69) is 21.6 Å². The Labute approximate surface area is 257 Å². The summed E-state index contributed by atoms with van der Waals surface area (Å²) in [5, 5.41) is 22.1. The summed E-state index contributed by atoms with van der Waals surface area (Å²) in [5.41, 5.74) is 9.53. The van der Waals surface area contributed by atoms with Crippen molar-refractivity contribution in [2.24, 2.45) is 5.73 Å². The molecule has 0 saturated carbocycles. The first-order valence-electron chi connectivity index (χ1n) is 13.5. The summed E-state index contributed by atoms with van der Waals surface area (Å²) in [7, 11) is 3.07. The second-order valence-corrected chi connectivity index (χ2v) is 11.8. The third kappa shape index (κ3) is 6.30. The van der Waals surface area contributed by atoms with E-state index in [1.807, 2.05) is 31.2 Å². The van der Waals surface area contributed by atoms with Gasteiger partial charge in [0.25, 0.3) is 0 Å². The molecule has 2 heterocycles. The van der Waals surface area contributed by atoms with E-state index in [0.29, 0.717) is 63.8 Å². The molecule has 0 spiro atoms. The molecular formula is C30H30N6O5S2. The minimum absolute atomic E-state index is 0.0182. The Morgan fingerprint density at radius 3 is 2.51 bits per heavy atom. The van der Waals surface area contributed by atoms with Crippen LogP contribution in [-0.4, -0.2) is 48.5 Å². The van der Waals surface area contributed by atoms with Gasteiger partial charge in [0.2, 0.25) is 11.0 Å². The van der Waals surface area contributed by atoms with E-state index in [4.69, 9.17) is 19.9 Å². The summed E-state index contributed by atoms with van der Waals surface area (Å²) < 4.78 is 16.6. The van der Waals surface area contributed by atoms with Crippen molar-refractivity contribution in [2.45, 2.75) is 36.4 Å². The smallest absolute Gasteiger partial charge is 0.234 e. The van der Waals surface area contributed by atoms with Crippen LogP contribution in [0, 0.1) is 11.3 Å². The molecule has 1 unspecified atom stereocenters. The number of benzene rings is 2. The summed E-state index contributed by atoms with van der Waals surface area (Å²) in [6.45, 7) is 2.44. The molecule has 0 radical (unpaired) electrons. The van der Waals surface area contributed by atoms with E-state index < -0.39 is 5.92 Å². The van der Waals surface area contributed by atoms with Gasteiger partial charge in [0.15, 0.2) is 10.1 Å². The molecule has 43 heavy (non-hydrogen) atoms. The number of nitrogens with two attached hydrogens (primary N) is 1. The van der Waals surface area contributed by atoms with Crippen molar-refractivity contribution in [1.29, 1.82) is 5.26 Å². The summed E-state index contributed by atoms with van der Waals surface area (Å²) in [6, 6.07) is 14.8. The van der Waals surface area contributed by atoms with Crippen LogP contribution in [0.3, 0.4) is 0 Å². The Morgan fingerprint density at radius 1 is 1.14 bits per heavy atom. The zero-order valence-corrected chi connectivity index (χ0v) is 25.5. The standard InChI is InChI=1S/C30H30N6O5S2/c1-4-41-19-10-8-17(9-11-19)26-22(15-31)28(32)36(23-6-5-7-24(37)27(23)26)29-34-35-30(43-29)42-16-25(38)33-18-12-20(39-2)14-21(13-18)40-3/h8-14,26H,4-7,16,32H2,1-3H3,(H,33,38). The molecule has 0 bridgehead atoms. The number of methoxy groups -OCH3 is 2. The van der Waals surface area contributed by atoms with Crippen LogP contribution in [-0.2, 0) is 9.59 Å². The Hall–Kier alpha value is -4.54. The van der Waals surface area contributed by atoms with Gasteiger partial charge in [-0.3, -0.25) is 14.5 Å². The number of carbonyl (C=O) groups excluding carboxylic acids is 2. The lowest BCUT2D eigenvalue weighted by molar-refractivity contribution is -0.116. The molecule has 222 valence electrons. The molecule has 3 N–H and O–H groups in total. The number of ether oxygens (including phenoxy) is 3. The van der Waals surface area contributed by atoms with E-state index in [-0.39, 0.29) is 28.8 Å². The van der Waals surface area contributed by atoms with E-state index in [1.165, 1.54) is 37.3 Å². The maximum absolute atomic E-state index is 13.4. The molecule has 2 aliphatic rings. The van der Waals surface area contributed by atoms with E-state index in [1.54, 1.807) is 23.1 Å². The molecule has 1 aliphatic carbocycles. The van der Waals surface area contributed by atoms with Gasteiger partial charge >= 0.3 is 0 Å². The number of hydrogen-bond acceptors (Lipinski definition) is 12. The highest BCUT2D eigenvalue weighted by Gasteiger charge is 2.41. The average Bonchev–Trinajstić information content (AvgIpc) is 3.48. The fourth-order valence-electron chi connectivity index (χ4n) is 5.12. The Bertz CT molecular complexity index is 1620. The third-order valence-corrected chi connectivity index (χ3v) is 9.03. The van der Waals surface area contributed by atoms with Gasteiger partial charge < -0.3 is 25.3 Å². The third-order valence-electron chi connectivity index (χ3n) is 6.99. The second-order valence-electron chi connectivity index (χ2n) is 9.61. The molecule has 1 aromatic heterocycles. The summed E-state index contributed by atoms with van der Waals surface area (Å²) in [5.74, 6) is 1.26. The van der Waals surface area contributed by atoms with E-state index in [9.17, 15) is 14.9 Å². The number of thioether (sulfide) groups is 1. The molecule has 1 atom stereocenters. The molecule has 0 saturated heterocycles. The van der Waals surface area contributed by atoms with Crippen molar-refractivity contribution in [2.75, 3.05) is 36.8 Å². The number of nitrogens with one attached hydrogen (secondary N) is 1. The molecule has 1 amide bonds. The lowest BCUT2D eigenvalue weighted by Crippen LogP contribution is -2.38. The zero-order valence-electron chi connectivity index (χ0n) is 23.9. The highest BCUT2D eigenvalue weighted by Crippen LogP contribution is 2.47. The van der Waals surface area contributed by atoms with Crippen molar-refractivity contribution in [3.05, 3.63) is 70.7 Å². The molecule has 0 fully saturated rings. The van der Waals surface area contributed by atoms with Crippen molar-refractivity contribution >= 4 is 45.6 Å². The molecule has 11 nitrogen and oxygen atoms in total. The number of carbonyl (C=O) groups is 2. The number of rotatable bonds is 10. The quantitative estimate of drug-likeness (QED) is 0.296. The van der Waals surface area contributed by atoms with E-state index >= 15 is 0 Å². The van der Waals surface area contributed by atoms with Gasteiger partial charge in [0.1, 0.15) is 23.1 Å². The SMILES string of the molecule is CCOc1ccc(C2C(C#N)=C(N)N(c3nnc(SCC(=O)Nc4cc(OC)cc(OC)c4)s3)C3=C2C(=O)CCC3)cc1. The maximum atomic E-state index is 13.4. The van der Waals surface area contributed by atoms with Crippen LogP contribution < -0.4 is 30.2 Å². The van der Waals surface area contributed by atoms with Gasteiger partial charge in [0.05, 0.1) is 44.1 Å². The topological polar surface area (TPSA) is 153 Å². The first-order valence-corrected chi connectivity index (χ1v) is 15.3. The average molecular weight is 619 g/mol. The summed E-state index contributed by atoms with van der Waals surface area (Å²) in [6.07, 6.45) is 1.65. The molecule has 5 rings (SSSR count). The number of anilines is 2. The number of Topliss-reactive ketones (excluding diaryl/α,β-unsaturated/α-hetero) is 1. The number of nitriles is 1. The van der Waals surface area contributed by atoms with Crippen LogP contribution in [0.25, 0.3) is 0 Å². The number of nitrogens with zero attached hydrogens (tertiary/aromatic N) is 4. The number of hydrogen-bond donors (Lipinski definition) is 2. The van der Waals surface area contributed by atoms with Crippen LogP contribution in [0.5, 0.6) is 17.2 Å². The monoisotopic (exact) mass is 618 g/mol. The summed E-state index contributed by atoms with van der Waals surface area (Å²) in [4.78, 5) is 27.7. The number of aromatic nitrogens is 2. The first kappa shape index (κ1) is 29.9. The normalized spacial score (nSPS) is 16.5. The maximum Gasteiger partial charge on any atom is 0.234 e. The van der Waals surface area contributed by atoms with Crippen LogP contribution in [0.2, 0.25) is 0 Å². The van der Waals surface area contributed by atoms with Gasteiger partial charge in [-0.25, -0.2) is 0 Å². The van der Waals surface area contributed by atoms with Gasteiger partial charge in [-0.05, 0) is 37.5 Å². The van der Waals surface area contributed by atoms with Crippen LogP contribution in [0.1, 0.15) is 37.7 Å². The van der Waals surface area contributed by atoms with Gasteiger partial charge in [-0.15, -0.1) is 10.2 Å². The Morgan fingerprint density at radius 2 is 1.86 bits per heavy atom. The van der Waals surface area contributed by atoms with Gasteiger partial charge in [0, 0.05) is 41.6 Å². The number of allylic oxidation sites excluding steroid dienone is 3. The highest BCUT2D eigenvalue weighted by atomic mass is 32.2. The van der Waals surface area contributed by atoms with Crippen LogP contribution >= 0.6 is 23.1 Å². The lowest BCUT2D eigenvalue weighted by Gasteiger charge is -2.38. The van der Waals surface area contributed by atoms with Crippen molar-refractivity contribution < 1.29 is 23.8 Å². The minimum Gasteiger partial charge on any atom is -0.497 e. The second kappa shape index (κ2) is 13.2. The molecular weight excluding hydrogens is 589 g/mol. The van der Waals surface area contributed by atoms with E-state index in [0.717, 1.165) is 11.3 Å². The Kier molecular flexibility index (Phi) is 9.18. The van der Waals surface area contributed by atoms with Gasteiger partial charge in [-0.2, -0.15) is 5.26 Å². The Balaban J connectivity index is 1.38. The number of amides is 1. The minimum atomic E-state index is -0.583. The van der Waals surface area contributed by atoms with Crippen LogP contribution in [0.4, 0.5) is 10.8 Å². The van der Waals surface area contributed by atoms with Crippen molar-refractivity contribution in [3.63, 3.8) is 0 Å². The lowest BCUT2D eigenvalue weighted by atomic mass is 9.76. The first-order chi connectivity index (χ1) is 20.9. The predicted octanol–water partition coefficient (Wildman–Crippen LogP) is 4.99. The fourth-order valence-corrected chi connectivity index (χ4v) is 6.80. The van der Waals surface area contributed by atoms with Crippen molar-refractivity contribution in [3.8, 4) is 23.3 Å². The van der Waals surface area contributed by atoms with Crippen molar-refractivity contribution in [1.82, 2.24) is 10.2 Å². The zero-order chi connectivity index (χ0) is 30.5. The molecule has 13 heteroatoms.